The number of hydrogen-bond donors (Lipinski definition) is 1. The van der Waals surface area contributed by atoms with Gasteiger partial charge in [0.25, 0.3) is 0 Å². The van der Waals surface area contributed by atoms with E-state index < -0.39 is 11.6 Å². The Morgan fingerprint density at radius 2 is 1.86 bits per heavy atom. The molecule has 0 spiro atoms. The molecule has 0 saturated heterocycles. The molecular weight excluding hydrogens is 202 g/mol. The zero-order valence-corrected chi connectivity index (χ0v) is 9.93. The fourth-order valence-corrected chi connectivity index (χ4v) is 1.02. The van der Waals surface area contributed by atoms with Crippen LogP contribution in [0.3, 0.4) is 0 Å². The van der Waals surface area contributed by atoms with Crippen LogP contribution in [-0.2, 0) is 14.3 Å². The molecule has 0 aromatic rings. The Labute approximate surface area is 90.0 Å². The molecule has 0 saturated carbocycles. The first-order valence-corrected chi connectivity index (χ1v) is 4.96. The third kappa shape index (κ3) is 5.85. The van der Waals surface area contributed by atoms with E-state index in [0.29, 0.717) is 0 Å². The smallest absolute Gasteiger partial charge is 0.326 e. The van der Waals surface area contributed by atoms with Gasteiger partial charge in [-0.1, -0.05) is 0 Å². The van der Waals surface area contributed by atoms with E-state index in [9.17, 15) is 9.59 Å². The van der Waals surface area contributed by atoms with Crippen molar-refractivity contribution < 1.29 is 14.3 Å². The van der Waals surface area contributed by atoms with Crippen LogP contribution < -0.4 is 0 Å². The molecule has 4 nitrogen and oxygen atoms in total. The van der Waals surface area contributed by atoms with Crippen LogP contribution in [0.15, 0.2) is 0 Å². The van der Waals surface area contributed by atoms with E-state index >= 15 is 0 Å². The topological polar surface area (TPSA) is 46.6 Å². The molecule has 0 aliphatic rings. The first-order chi connectivity index (χ1) is 6.26. The zero-order chi connectivity index (χ0) is 11.4. The van der Waals surface area contributed by atoms with Crippen LogP contribution >= 0.6 is 12.6 Å². The maximum absolute atomic E-state index is 11.2. The first-order valence-electron chi connectivity index (χ1n) is 4.33. The minimum atomic E-state index is -0.512. The molecule has 0 atom stereocenters. The number of carbonyl (C=O) groups is 2. The molecule has 0 radical (unpaired) electrons. The van der Waals surface area contributed by atoms with Gasteiger partial charge in [0.2, 0.25) is 5.91 Å². The molecule has 0 aliphatic carbocycles. The summed E-state index contributed by atoms with van der Waals surface area (Å²) in [5.41, 5.74) is -0.512. The Bertz CT molecular complexity index is 223. The first kappa shape index (κ1) is 13.3. The maximum Gasteiger partial charge on any atom is 0.326 e. The van der Waals surface area contributed by atoms with Gasteiger partial charge in [-0.15, -0.1) is 0 Å². The molecule has 0 fully saturated rings. The lowest BCUT2D eigenvalue weighted by atomic mass is 10.2. The largest absolute Gasteiger partial charge is 0.459 e. The van der Waals surface area contributed by atoms with E-state index in [0.717, 1.165) is 0 Å². The Morgan fingerprint density at radius 1 is 1.36 bits per heavy atom. The summed E-state index contributed by atoms with van der Waals surface area (Å²) in [6.07, 6.45) is 0. The summed E-state index contributed by atoms with van der Waals surface area (Å²) in [5.74, 6) is -0.506. The van der Waals surface area contributed by atoms with E-state index in [1.165, 1.54) is 4.90 Å². The maximum atomic E-state index is 11.2. The quantitative estimate of drug-likeness (QED) is 0.562. The second-order valence-electron chi connectivity index (χ2n) is 3.99. The van der Waals surface area contributed by atoms with Crippen LogP contribution in [0, 0.1) is 0 Å². The van der Waals surface area contributed by atoms with Gasteiger partial charge in [-0.3, -0.25) is 9.59 Å². The van der Waals surface area contributed by atoms with Crippen LogP contribution in [0.4, 0.5) is 0 Å². The molecule has 14 heavy (non-hydrogen) atoms. The van der Waals surface area contributed by atoms with Gasteiger partial charge in [0.1, 0.15) is 12.1 Å². The Balaban J connectivity index is 4.01. The van der Waals surface area contributed by atoms with Crippen molar-refractivity contribution in [2.45, 2.75) is 26.4 Å². The van der Waals surface area contributed by atoms with Gasteiger partial charge in [0.15, 0.2) is 0 Å². The molecule has 0 N–H and O–H groups in total. The number of amides is 1. The summed E-state index contributed by atoms with van der Waals surface area (Å²) in [6.45, 7) is 5.32. The number of likely N-dealkylation sites (N-methyl/N-ethyl adjacent to an activating group) is 1. The molecule has 0 unspecified atom stereocenters. The number of hydrogen-bond acceptors (Lipinski definition) is 4. The summed E-state index contributed by atoms with van der Waals surface area (Å²) >= 11 is 3.82. The molecule has 0 aromatic carbocycles. The number of ether oxygens (including phenoxy) is 1. The fourth-order valence-electron chi connectivity index (χ4n) is 0.776. The SMILES string of the molecule is CN(CC(=O)OC(C)(C)C)C(=O)CS. The van der Waals surface area contributed by atoms with Crippen molar-refractivity contribution in [2.24, 2.45) is 0 Å². The molecular formula is C9H17NO3S. The number of thiol groups is 1. The van der Waals surface area contributed by atoms with Gasteiger partial charge in [-0.25, -0.2) is 0 Å². The van der Waals surface area contributed by atoms with Crippen molar-refractivity contribution in [1.82, 2.24) is 4.90 Å². The molecule has 82 valence electrons. The number of carbonyl (C=O) groups excluding carboxylic acids is 2. The third-order valence-electron chi connectivity index (χ3n) is 1.35. The van der Waals surface area contributed by atoms with Gasteiger partial charge in [-0.2, -0.15) is 12.6 Å². The summed E-state index contributed by atoms with van der Waals surface area (Å²) in [7, 11) is 1.54. The van der Waals surface area contributed by atoms with Crippen LogP contribution in [0.1, 0.15) is 20.8 Å². The number of nitrogens with zero attached hydrogens (tertiary/aromatic N) is 1. The van der Waals surface area contributed by atoms with Gasteiger partial charge in [0.05, 0.1) is 5.75 Å². The van der Waals surface area contributed by atoms with Crippen molar-refractivity contribution in [2.75, 3.05) is 19.3 Å². The molecule has 0 aromatic heterocycles. The summed E-state index contributed by atoms with van der Waals surface area (Å²) in [6, 6.07) is 0. The van der Waals surface area contributed by atoms with Gasteiger partial charge in [-0.05, 0) is 20.8 Å². The predicted molar refractivity (Wildman–Crippen MR) is 57.3 cm³/mol. The summed E-state index contributed by atoms with van der Waals surface area (Å²) in [5, 5.41) is 0. The van der Waals surface area contributed by atoms with Crippen molar-refractivity contribution >= 4 is 24.5 Å². The molecule has 5 heteroatoms. The lowest BCUT2D eigenvalue weighted by Crippen LogP contribution is -2.36. The van der Waals surface area contributed by atoms with Gasteiger partial charge in [0, 0.05) is 7.05 Å². The lowest BCUT2D eigenvalue weighted by molar-refractivity contribution is -0.157. The van der Waals surface area contributed by atoms with Crippen LogP contribution in [-0.4, -0.2) is 41.7 Å². The van der Waals surface area contributed by atoms with Crippen LogP contribution in [0.2, 0.25) is 0 Å². The Morgan fingerprint density at radius 3 is 2.21 bits per heavy atom. The highest BCUT2D eigenvalue weighted by Gasteiger charge is 2.18. The fraction of sp³-hybridized carbons (Fsp3) is 0.778. The van der Waals surface area contributed by atoms with E-state index in [1.54, 1.807) is 27.8 Å². The standard InChI is InChI=1S/C9H17NO3S/c1-9(2,3)13-8(12)5-10(4)7(11)6-14/h14H,5-6H2,1-4H3. The van der Waals surface area contributed by atoms with Crippen LogP contribution in [0.25, 0.3) is 0 Å². The van der Waals surface area contributed by atoms with Crippen LogP contribution in [0.5, 0.6) is 0 Å². The summed E-state index contributed by atoms with van der Waals surface area (Å²) in [4.78, 5) is 23.6. The molecule has 1 amide bonds. The molecule has 0 rings (SSSR count). The number of rotatable bonds is 3. The van der Waals surface area contributed by atoms with E-state index in [2.05, 4.69) is 12.6 Å². The zero-order valence-electron chi connectivity index (χ0n) is 9.03. The number of esters is 1. The van der Waals surface area contributed by atoms with Crippen molar-refractivity contribution in [3.8, 4) is 0 Å². The van der Waals surface area contributed by atoms with Gasteiger partial charge >= 0.3 is 5.97 Å². The monoisotopic (exact) mass is 219 g/mol. The highest BCUT2D eigenvalue weighted by Crippen LogP contribution is 2.07. The predicted octanol–water partition coefficient (Wildman–Crippen LogP) is 0.716. The van der Waals surface area contributed by atoms with E-state index in [-0.39, 0.29) is 18.2 Å². The van der Waals surface area contributed by atoms with E-state index in [4.69, 9.17) is 4.74 Å². The van der Waals surface area contributed by atoms with Crippen molar-refractivity contribution in [3.05, 3.63) is 0 Å². The molecule has 0 heterocycles. The normalized spacial score (nSPS) is 10.9. The lowest BCUT2D eigenvalue weighted by Gasteiger charge is -2.22. The Hall–Kier alpha value is -0.710. The average molecular weight is 219 g/mol. The molecule has 0 aliphatic heterocycles. The second kappa shape index (κ2) is 5.24. The van der Waals surface area contributed by atoms with Gasteiger partial charge < -0.3 is 9.64 Å². The average Bonchev–Trinajstić information content (AvgIpc) is 1.99. The molecule has 0 bridgehead atoms. The third-order valence-corrected chi connectivity index (χ3v) is 1.62. The second-order valence-corrected chi connectivity index (χ2v) is 4.31. The van der Waals surface area contributed by atoms with E-state index in [1.807, 2.05) is 0 Å². The highest BCUT2D eigenvalue weighted by atomic mass is 32.1. The highest BCUT2D eigenvalue weighted by molar-refractivity contribution is 7.81. The minimum Gasteiger partial charge on any atom is -0.459 e. The van der Waals surface area contributed by atoms with Crippen molar-refractivity contribution in [3.63, 3.8) is 0 Å². The van der Waals surface area contributed by atoms with Crippen molar-refractivity contribution in [1.29, 1.82) is 0 Å². The summed E-state index contributed by atoms with van der Waals surface area (Å²) < 4.78 is 5.05. The minimum absolute atomic E-state index is 0.0311. The Kier molecular flexibility index (Phi) is 4.97.